The lowest BCUT2D eigenvalue weighted by Gasteiger charge is -2.25. The van der Waals surface area contributed by atoms with Gasteiger partial charge in [0.15, 0.2) is 11.6 Å². The third-order valence-electron chi connectivity index (χ3n) is 3.23. The van der Waals surface area contributed by atoms with Crippen LogP contribution in [-0.4, -0.2) is 53.5 Å². The van der Waals surface area contributed by atoms with Gasteiger partial charge in [0.25, 0.3) is 0 Å². The van der Waals surface area contributed by atoms with Crippen LogP contribution in [0.1, 0.15) is 13.8 Å². The van der Waals surface area contributed by atoms with E-state index in [1.807, 2.05) is 0 Å². The molecule has 0 aliphatic rings. The highest BCUT2D eigenvalue weighted by Gasteiger charge is 2.22. The van der Waals surface area contributed by atoms with Gasteiger partial charge in [-0.2, -0.15) is 0 Å². The Balaban J connectivity index is 2.69. The number of carbonyl (C=O) groups is 3. The van der Waals surface area contributed by atoms with E-state index in [1.165, 1.54) is 24.8 Å². The smallest absolute Gasteiger partial charge is 0.320 e. The maximum absolute atomic E-state index is 13.1. The van der Waals surface area contributed by atoms with Gasteiger partial charge in [-0.1, -0.05) is 0 Å². The van der Waals surface area contributed by atoms with E-state index in [0.29, 0.717) is 0 Å². The molecule has 1 atom stereocenters. The molecule has 0 radical (unpaired) electrons. The van der Waals surface area contributed by atoms with Crippen LogP contribution >= 0.6 is 0 Å². The van der Waals surface area contributed by atoms with Crippen LogP contribution < -0.4 is 10.6 Å². The Morgan fingerprint density at radius 2 is 1.92 bits per heavy atom. The first-order chi connectivity index (χ1) is 11.2. The Hall–Kier alpha value is -2.55. The number of benzene rings is 1. The maximum atomic E-state index is 13.1. The Labute approximate surface area is 137 Å². The molecule has 9 heteroatoms. The monoisotopic (exact) mass is 343 g/mol. The molecule has 1 unspecified atom stereocenters. The molecule has 0 saturated carbocycles. The summed E-state index contributed by atoms with van der Waals surface area (Å²) in [5.74, 6) is -4.13. The van der Waals surface area contributed by atoms with Gasteiger partial charge in [-0.05, 0) is 19.1 Å². The Bertz CT molecular complexity index is 625. The number of carboxylic acid groups (broad SMARTS) is 1. The lowest BCUT2D eigenvalue weighted by atomic mass is 10.2. The molecule has 0 heterocycles. The number of carbonyl (C=O) groups excluding carboxylic acids is 2. The van der Waals surface area contributed by atoms with Crippen molar-refractivity contribution in [3.63, 3.8) is 0 Å². The van der Waals surface area contributed by atoms with Crippen molar-refractivity contribution in [1.82, 2.24) is 10.2 Å². The first-order valence-electron chi connectivity index (χ1n) is 7.17. The molecule has 0 aromatic heterocycles. The zero-order chi connectivity index (χ0) is 18.3. The van der Waals surface area contributed by atoms with E-state index in [2.05, 4.69) is 10.6 Å². The van der Waals surface area contributed by atoms with Gasteiger partial charge in [0.1, 0.15) is 6.04 Å². The van der Waals surface area contributed by atoms with Crippen LogP contribution in [0.3, 0.4) is 0 Å². The normalized spacial score (nSPS) is 11.9. The summed E-state index contributed by atoms with van der Waals surface area (Å²) >= 11 is 0. The summed E-state index contributed by atoms with van der Waals surface area (Å²) < 4.78 is 26.0. The molecule has 0 saturated heterocycles. The molecule has 1 rings (SSSR count). The fourth-order valence-corrected chi connectivity index (χ4v) is 1.90. The van der Waals surface area contributed by atoms with Crippen LogP contribution in [0.25, 0.3) is 0 Å². The highest BCUT2D eigenvalue weighted by Crippen LogP contribution is 2.13. The Morgan fingerprint density at radius 1 is 1.25 bits per heavy atom. The number of amides is 2. The molecule has 0 bridgehead atoms. The van der Waals surface area contributed by atoms with Crippen molar-refractivity contribution < 1.29 is 28.3 Å². The van der Waals surface area contributed by atoms with E-state index in [0.717, 1.165) is 12.1 Å². The number of nitrogens with zero attached hydrogens (tertiary/aromatic N) is 1. The zero-order valence-electron chi connectivity index (χ0n) is 13.3. The van der Waals surface area contributed by atoms with E-state index >= 15 is 0 Å². The van der Waals surface area contributed by atoms with Gasteiger partial charge in [-0.15, -0.1) is 0 Å². The standard InChI is InChI=1S/C15H19F2N3O4/c1-9(15(23)24)20(6-5-18-10(2)21)8-14(22)19-11-3-4-12(16)13(17)7-11/h3-4,7,9H,5-6,8H2,1-2H3,(H,18,21)(H,19,22)(H,23,24). The molecular weight excluding hydrogens is 324 g/mol. The highest BCUT2D eigenvalue weighted by molar-refractivity contribution is 5.92. The van der Waals surface area contributed by atoms with Crippen molar-refractivity contribution in [2.45, 2.75) is 19.9 Å². The summed E-state index contributed by atoms with van der Waals surface area (Å²) in [5.41, 5.74) is 0.0590. The van der Waals surface area contributed by atoms with Crippen molar-refractivity contribution in [3.8, 4) is 0 Å². The molecule has 0 aliphatic carbocycles. The Kier molecular flexibility index (Phi) is 7.25. The van der Waals surface area contributed by atoms with E-state index in [1.54, 1.807) is 0 Å². The van der Waals surface area contributed by atoms with Gasteiger partial charge < -0.3 is 15.7 Å². The summed E-state index contributed by atoms with van der Waals surface area (Å²) in [7, 11) is 0. The van der Waals surface area contributed by atoms with Crippen molar-refractivity contribution in [3.05, 3.63) is 29.8 Å². The SMILES string of the molecule is CC(=O)NCCN(CC(=O)Nc1ccc(F)c(F)c1)C(C)C(=O)O. The molecule has 0 fully saturated rings. The summed E-state index contributed by atoms with van der Waals surface area (Å²) in [6.07, 6.45) is 0. The van der Waals surface area contributed by atoms with Gasteiger partial charge >= 0.3 is 5.97 Å². The lowest BCUT2D eigenvalue weighted by Crippen LogP contribution is -2.46. The largest absolute Gasteiger partial charge is 0.480 e. The first kappa shape index (κ1) is 19.5. The predicted molar refractivity (Wildman–Crippen MR) is 82.3 cm³/mol. The molecular formula is C15H19F2N3O4. The van der Waals surface area contributed by atoms with Crippen LogP contribution in [0.4, 0.5) is 14.5 Å². The quantitative estimate of drug-likeness (QED) is 0.649. The average molecular weight is 343 g/mol. The zero-order valence-corrected chi connectivity index (χ0v) is 13.3. The second-order valence-electron chi connectivity index (χ2n) is 5.14. The lowest BCUT2D eigenvalue weighted by molar-refractivity contribution is -0.142. The number of anilines is 1. The van der Waals surface area contributed by atoms with Crippen molar-refractivity contribution >= 4 is 23.5 Å². The van der Waals surface area contributed by atoms with E-state index in [-0.39, 0.29) is 31.2 Å². The Morgan fingerprint density at radius 3 is 2.46 bits per heavy atom. The number of hydrogen-bond donors (Lipinski definition) is 3. The number of rotatable bonds is 8. The minimum absolute atomic E-state index is 0.0590. The molecule has 1 aromatic carbocycles. The van der Waals surface area contributed by atoms with Gasteiger partial charge in [-0.3, -0.25) is 19.3 Å². The van der Waals surface area contributed by atoms with Crippen molar-refractivity contribution in [1.29, 1.82) is 0 Å². The third-order valence-corrected chi connectivity index (χ3v) is 3.23. The molecule has 0 spiro atoms. The van der Waals surface area contributed by atoms with Crippen molar-refractivity contribution in [2.24, 2.45) is 0 Å². The average Bonchev–Trinajstić information content (AvgIpc) is 2.48. The molecule has 2 amide bonds. The van der Waals surface area contributed by atoms with Gasteiger partial charge in [0, 0.05) is 31.8 Å². The van der Waals surface area contributed by atoms with E-state index in [4.69, 9.17) is 5.11 Å². The maximum Gasteiger partial charge on any atom is 0.320 e. The molecule has 0 aliphatic heterocycles. The highest BCUT2D eigenvalue weighted by atomic mass is 19.2. The van der Waals surface area contributed by atoms with Crippen LogP contribution in [0.5, 0.6) is 0 Å². The summed E-state index contributed by atoms with van der Waals surface area (Å²) in [6, 6.07) is 1.93. The number of hydrogen-bond acceptors (Lipinski definition) is 4. The number of aliphatic carboxylic acids is 1. The van der Waals surface area contributed by atoms with Crippen molar-refractivity contribution in [2.75, 3.05) is 25.0 Å². The molecule has 132 valence electrons. The van der Waals surface area contributed by atoms with Crippen LogP contribution in [0, 0.1) is 11.6 Å². The number of carboxylic acids is 1. The van der Waals surface area contributed by atoms with Crippen LogP contribution in [0.15, 0.2) is 18.2 Å². The number of nitrogens with one attached hydrogen (secondary N) is 2. The molecule has 3 N–H and O–H groups in total. The molecule has 1 aromatic rings. The minimum Gasteiger partial charge on any atom is -0.480 e. The summed E-state index contributed by atoms with van der Waals surface area (Å²) in [6.45, 7) is 2.75. The van der Waals surface area contributed by atoms with Gasteiger partial charge in [0.05, 0.1) is 6.54 Å². The van der Waals surface area contributed by atoms with Gasteiger partial charge in [-0.25, -0.2) is 8.78 Å². The molecule has 7 nitrogen and oxygen atoms in total. The summed E-state index contributed by atoms with van der Waals surface area (Å²) in [5, 5.41) is 14.0. The molecule has 24 heavy (non-hydrogen) atoms. The number of halogens is 2. The van der Waals surface area contributed by atoms with Gasteiger partial charge in [0.2, 0.25) is 11.8 Å². The second kappa shape index (κ2) is 8.92. The van der Waals surface area contributed by atoms with E-state index in [9.17, 15) is 23.2 Å². The first-order valence-corrected chi connectivity index (χ1v) is 7.17. The van der Waals surface area contributed by atoms with E-state index < -0.39 is 29.6 Å². The topological polar surface area (TPSA) is 98.7 Å². The minimum atomic E-state index is -1.13. The fourth-order valence-electron chi connectivity index (χ4n) is 1.90. The second-order valence-corrected chi connectivity index (χ2v) is 5.14. The predicted octanol–water partition coefficient (Wildman–Crippen LogP) is 0.814. The van der Waals surface area contributed by atoms with Crippen LogP contribution in [0.2, 0.25) is 0 Å². The fraction of sp³-hybridized carbons (Fsp3) is 0.400. The third kappa shape index (κ3) is 6.29. The summed E-state index contributed by atoms with van der Waals surface area (Å²) in [4.78, 5) is 35.3. The van der Waals surface area contributed by atoms with Crippen LogP contribution in [-0.2, 0) is 14.4 Å².